The van der Waals surface area contributed by atoms with Crippen molar-refractivity contribution in [1.82, 2.24) is 9.97 Å². The van der Waals surface area contributed by atoms with Crippen molar-refractivity contribution in [2.75, 3.05) is 17.3 Å². The molecule has 2 atom stereocenters. The van der Waals surface area contributed by atoms with Gasteiger partial charge in [-0.2, -0.15) is 4.98 Å². The van der Waals surface area contributed by atoms with E-state index in [-0.39, 0.29) is 6.10 Å². The number of thiophene rings is 1. The third-order valence-electron chi connectivity index (χ3n) is 4.67. The number of fused-ring (bicyclic) bond motifs is 3. The van der Waals surface area contributed by atoms with Crippen molar-refractivity contribution in [2.24, 2.45) is 0 Å². The van der Waals surface area contributed by atoms with Crippen LogP contribution in [0.25, 0.3) is 10.2 Å². The highest BCUT2D eigenvalue weighted by Crippen LogP contribution is 2.42. The highest BCUT2D eigenvalue weighted by atomic mass is 32.1. The Morgan fingerprint density at radius 2 is 2.00 bits per heavy atom. The van der Waals surface area contributed by atoms with Crippen molar-refractivity contribution in [3.8, 4) is 0 Å². The minimum Gasteiger partial charge on any atom is -0.393 e. The Hall–Kier alpha value is -1.40. The first-order valence-corrected chi connectivity index (χ1v) is 8.39. The van der Waals surface area contributed by atoms with Gasteiger partial charge in [-0.25, -0.2) is 4.98 Å². The maximum atomic E-state index is 10.0. The summed E-state index contributed by atoms with van der Waals surface area (Å²) in [6.45, 7) is 2.11. The first kappa shape index (κ1) is 13.3. The largest absolute Gasteiger partial charge is 0.393 e. The Morgan fingerprint density at radius 1 is 1.29 bits per heavy atom. The first-order chi connectivity index (χ1) is 10.2. The van der Waals surface area contributed by atoms with E-state index < -0.39 is 0 Å². The lowest BCUT2D eigenvalue weighted by Crippen LogP contribution is -2.45. The molecule has 2 aromatic rings. The molecule has 0 aromatic carbocycles. The van der Waals surface area contributed by atoms with E-state index in [1.807, 2.05) is 7.05 Å². The van der Waals surface area contributed by atoms with Gasteiger partial charge in [-0.1, -0.05) is 0 Å². The smallest absolute Gasteiger partial charge is 0.225 e. The summed E-state index contributed by atoms with van der Waals surface area (Å²) in [7, 11) is 1.86. The average molecular weight is 304 g/mol. The van der Waals surface area contributed by atoms with Crippen molar-refractivity contribution < 1.29 is 5.11 Å². The van der Waals surface area contributed by atoms with Gasteiger partial charge in [0.2, 0.25) is 5.95 Å². The summed E-state index contributed by atoms with van der Waals surface area (Å²) in [5.74, 6) is 1.73. The predicted octanol–water partition coefficient (Wildman–Crippen LogP) is 2.53. The lowest BCUT2D eigenvalue weighted by Gasteiger charge is -2.38. The number of anilines is 2. The highest BCUT2D eigenvalue weighted by molar-refractivity contribution is 7.18. The van der Waals surface area contributed by atoms with Gasteiger partial charge < -0.3 is 15.3 Å². The second-order valence-corrected chi connectivity index (χ2v) is 7.35. The van der Waals surface area contributed by atoms with Crippen LogP contribution in [-0.2, 0) is 0 Å². The van der Waals surface area contributed by atoms with E-state index in [0.29, 0.717) is 18.0 Å². The fourth-order valence-electron chi connectivity index (χ4n) is 3.83. The molecule has 2 bridgehead atoms. The van der Waals surface area contributed by atoms with Gasteiger partial charge in [0, 0.05) is 24.0 Å². The quantitative estimate of drug-likeness (QED) is 0.893. The molecular formula is C15H20N4OS. The van der Waals surface area contributed by atoms with Gasteiger partial charge in [-0.3, -0.25) is 0 Å². The molecule has 6 heteroatoms. The van der Waals surface area contributed by atoms with Crippen molar-refractivity contribution in [3.63, 3.8) is 0 Å². The SMILES string of the molecule is CNc1nc(N2C3CCC2CC(O)C3)c2cc(C)sc2n1. The highest BCUT2D eigenvalue weighted by Gasteiger charge is 2.41. The van der Waals surface area contributed by atoms with Crippen LogP contribution in [0.2, 0.25) is 0 Å². The molecule has 0 aliphatic carbocycles. The van der Waals surface area contributed by atoms with Crippen molar-refractivity contribution in [1.29, 1.82) is 0 Å². The Kier molecular flexibility index (Phi) is 3.04. The van der Waals surface area contributed by atoms with E-state index in [0.717, 1.165) is 41.7 Å². The minimum absolute atomic E-state index is 0.149. The predicted molar refractivity (Wildman–Crippen MR) is 86.2 cm³/mol. The number of hydrogen-bond acceptors (Lipinski definition) is 6. The van der Waals surface area contributed by atoms with Crippen molar-refractivity contribution in [2.45, 2.75) is 50.8 Å². The molecule has 2 fully saturated rings. The van der Waals surface area contributed by atoms with Crippen LogP contribution in [0, 0.1) is 6.92 Å². The van der Waals surface area contributed by atoms with Gasteiger partial charge in [0.15, 0.2) is 0 Å². The second-order valence-electron chi connectivity index (χ2n) is 6.11. The number of nitrogens with zero attached hydrogens (tertiary/aromatic N) is 3. The van der Waals surface area contributed by atoms with Crippen LogP contribution >= 0.6 is 11.3 Å². The number of nitrogens with one attached hydrogen (secondary N) is 1. The van der Waals surface area contributed by atoms with Crippen LogP contribution in [0.1, 0.15) is 30.6 Å². The third-order valence-corrected chi connectivity index (χ3v) is 5.62. The summed E-state index contributed by atoms with van der Waals surface area (Å²) < 4.78 is 0. The lowest BCUT2D eigenvalue weighted by atomic mass is 9.99. The van der Waals surface area contributed by atoms with E-state index in [2.05, 4.69) is 28.2 Å². The van der Waals surface area contributed by atoms with Crippen molar-refractivity contribution in [3.05, 3.63) is 10.9 Å². The fraction of sp³-hybridized carbons (Fsp3) is 0.600. The normalized spacial score (nSPS) is 28.3. The van der Waals surface area contributed by atoms with Crippen LogP contribution in [0.5, 0.6) is 0 Å². The average Bonchev–Trinajstić information content (AvgIpc) is 2.95. The van der Waals surface area contributed by atoms with E-state index in [4.69, 9.17) is 4.98 Å². The monoisotopic (exact) mass is 304 g/mol. The molecule has 2 N–H and O–H groups in total. The maximum Gasteiger partial charge on any atom is 0.225 e. The van der Waals surface area contributed by atoms with Gasteiger partial charge >= 0.3 is 0 Å². The van der Waals surface area contributed by atoms with E-state index >= 15 is 0 Å². The fourth-order valence-corrected chi connectivity index (χ4v) is 4.70. The minimum atomic E-state index is -0.149. The molecule has 5 nitrogen and oxygen atoms in total. The second kappa shape index (κ2) is 4.81. The van der Waals surface area contributed by atoms with Gasteiger partial charge in [-0.05, 0) is 38.7 Å². The van der Waals surface area contributed by atoms with Crippen LogP contribution in [0.15, 0.2) is 6.07 Å². The van der Waals surface area contributed by atoms with Gasteiger partial charge in [0.05, 0.1) is 11.5 Å². The zero-order valence-electron chi connectivity index (χ0n) is 12.3. The number of rotatable bonds is 2. The molecule has 4 heterocycles. The van der Waals surface area contributed by atoms with Crippen LogP contribution in [-0.4, -0.2) is 40.3 Å². The molecule has 0 spiro atoms. The Balaban J connectivity index is 1.86. The molecule has 0 saturated carbocycles. The van der Waals surface area contributed by atoms with Crippen LogP contribution in [0.4, 0.5) is 11.8 Å². The van der Waals surface area contributed by atoms with Gasteiger partial charge in [-0.15, -0.1) is 11.3 Å². The summed E-state index contributed by atoms with van der Waals surface area (Å²) in [6.07, 6.45) is 3.89. The Morgan fingerprint density at radius 3 is 2.67 bits per heavy atom. The van der Waals surface area contributed by atoms with E-state index in [1.54, 1.807) is 11.3 Å². The molecule has 0 amide bonds. The molecule has 0 radical (unpaired) electrons. The van der Waals surface area contributed by atoms with Crippen LogP contribution < -0.4 is 10.2 Å². The zero-order chi connectivity index (χ0) is 14.6. The summed E-state index contributed by atoms with van der Waals surface area (Å²) in [4.78, 5) is 14.1. The zero-order valence-corrected chi connectivity index (χ0v) is 13.2. The number of aliphatic hydroxyl groups excluding tert-OH is 1. The molecule has 112 valence electrons. The van der Waals surface area contributed by atoms with Crippen molar-refractivity contribution >= 4 is 33.3 Å². The number of aliphatic hydroxyl groups is 1. The topological polar surface area (TPSA) is 61.3 Å². The summed E-state index contributed by atoms with van der Waals surface area (Å²) >= 11 is 1.72. The molecular weight excluding hydrogens is 284 g/mol. The standard InChI is InChI=1S/C15H20N4OS/c1-8-5-12-13(17-15(16-2)18-14(12)21-8)19-9-3-4-10(19)7-11(20)6-9/h5,9-11,20H,3-4,6-7H2,1-2H3,(H,16,17,18). The molecule has 2 saturated heterocycles. The van der Waals surface area contributed by atoms with Crippen LogP contribution in [0.3, 0.4) is 0 Å². The summed E-state index contributed by atoms with van der Waals surface area (Å²) in [5.41, 5.74) is 0. The molecule has 2 unspecified atom stereocenters. The summed E-state index contributed by atoms with van der Waals surface area (Å²) in [5, 5.41) is 14.2. The molecule has 4 rings (SSSR count). The summed E-state index contributed by atoms with van der Waals surface area (Å²) in [6, 6.07) is 3.03. The number of aromatic nitrogens is 2. The van der Waals surface area contributed by atoms with E-state index in [9.17, 15) is 5.11 Å². The number of piperidine rings is 1. The Bertz CT molecular complexity index is 672. The lowest BCUT2D eigenvalue weighted by molar-refractivity contribution is 0.126. The molecule has 2 aromatic heterocycles. The number of aryl methyl sites for hydroxylation is 1. The van der Waals surface area contributed by atoms with E-state index in [1.165, 1.54) is 4.88 Å². The molecule has 21 heavy (non-hydrogen) atoms. The Labute approximate surface area is 128 Å². The number of hydrogen-bond donors (Lipinski definition) is 2. The molecule has 2 aliphatic rings. The van der Waals surface area contributed by atoms with Gasteiger partial charge in [0.25, 0.3) is 0 Å². The molecule has 2 aliphatic heterocycles. The van der Waals surface area contributed by atoms with Gasteiger partial charge in [0.1, 0.15) is 10.6 Å². The maximum absolute atomic E-state index is 10.0. The third kappa shape index (κ3) is 2.08. The first-order valence-electron chi connectivity index (χ1n) is 7.58.